The summed E-state index contributed by atoms with van der Waals surface area (Å²) in [5.41, 5.74) is 8.36. The number of nitrogens with zero attached hydrogens (tertiary/aromatic N) is 1. The normalized spacial score (nSPS) is 20.8. The molecule has 1 aromatic carbocycles. The Morgan fingerprint density at radius 1 is 1.56 bits per heavy atom. The fraction of sp³-hybridized carbons (Fsp3) is 0.571. The lowest BCUT2D eigenvalue weighted by Gasteiger charge is -2.30. The van der Waals surface area contributed by atoms with Crippen LogP contribution in [-0.2, 0) is 6.54 Å². The average Bonchev–Trinajstić information content (AvgIpc) is 2.78. The van der Waals surface area contributed by atoms with E-state index in [1.165, 1.54) is 11.1 Å². The fourth-order valence-electron chi connectivity index (χ4n) is 2.84. The lowest BCUT2D eigenvalue weighted by molar-refractivity contribution is 0.0891. The number of fused-ring (bicyclic) bond motifs is 1. The molecule has 1 aliphatic heterocycles. The summed E-state index contributed by atoms with van der Waals surface area (Å²) in [6.45, 7) is 3.63. The maximum Gasteiger partial charge on any atom is 0.123 e. The first-order chi connectivity index (χ1) is 8.76. The fourth-order valence-corrected chi connectivity index (χ4v) is 2.84. The van der Waals surface area contributed by atoms with Crippen LogP contribution in [0.2, 0.25) is 0 Å². The average molecular weight is 250 g/mol. The third-order valence-corrected chi connectivity index (χ3v) is 3.86. The van der Waals surface area contributed by atoms with E-state index in [0.717, 1.165) is 18.7 Å². The van der Waals surface area contributed by atoms with Crippen LogP contribution in [-0.4, -0.2) is 36.3 Å². The minimum atomic E-state index is 0.163. The van der Waals surface area contributed by atoms with Gasteiger partial charge in [0.05, 0.1) is 13.7 Å². The summed E-state index contributed by atoms with van der Waals surface area (Å²) in [6, 6.07) is 6.45. The van der Waals surface area contributed by atoms with Crippen molar-refractivity contribution in [2.75, 3.05) is 20.3 Å². The lowest BCUT2D eigenvalue weighted by atomic mass is 10.0. The van der Waals surface area contributed by atoms with Crippen LogP contribution in [0.3, 0.4) is 0 Å². The van der Waals surface area contributed by atoms with Crippen molar-refractivity contribution < 1.29 is 9.84 Å². The maximum atomic E-state index is 9.49. The molecule has 1 aromatic rings. The smallest absolute Gasteiger partial charge is 0.123 e. The van der Waals surface area contributed by atoms with Gasteiger partial charge >= 0.3 is 0 Å². The Balaban J connectivity index is 2.35. The summed E-state index contributed by atoms with van der Waals surface area (Å²) in [5.74, 6) is 0.918. The van der Waals surface area contributed by atoms with Crippen molar-refractivity contribution in [1.82, 2.24) is 4.90 Å². The van der Waals surface area contributed by atoms with Gasteiger partial charge in [0, 0.05) is 30.7 Å². The van der Waals surface area contributed by atoms with Crippen LogP contribution in [0.25, 0.3) is 0 Å². The number of benzene rings is 1. The van der Waals surface area contributed by atoms with E-state index in [4.69, 9.17) is 10.5 Å². The van der Waals surface area contributed by atoms with Crippen LogP contribution < -0.4 is 10.5 Å². The molecule has 0 saturated carbocycles. The van der Waals surface area contributed by atoms with Crippen molar-refractivity contribution in [2.24, 2.45) is 5.73 Å². The van der Waals surface area contributed by atoms with Gasteiger partial charge in [-0.1, -0.05) is 19.1 Å². The quantitative estimate of drug-likeness (QED) is 0.826. The topological polar surface area (TPSA) is 58.7 Å². The van der Waals surface area contributed by atoms with E-state index in [1.54, 1.807) is 7.11 Å². The van der Waals surface area contributed by atoms with Crippen molar-refractivity contribution in [1.29, 1.82) is 0 Å². The first-order valence-corrected chi connectivity index (χ1v) is 6.49. The van der Waals surface area contributed by atoms with Gasteiger partial charge in [0.15, 0.2) is 0 Å². The number of aliphatic hydroxyl groups excluding tert-OH is 1. The molecule has 0 aliphatic carbocycles. The number of aliphatic hydroxyl groups is 1. The number of hydrogen-bond acceptors (Lipinski definition) is 4. The Labute approximate surface area is 108 Å². The van der Waals surface area contributed by atoms with E-state index < -0.39 is 0 Å². The Bertz CT molecular complexity index is 405. The lowest BCUT2D eigenvalue weighted by Crippen LogP contribution is -2.38. The third kappa shape index (κ3) is 2.11. The van der Waals surface area contributed by atoms with E-state index >= 15 is 0 Å². The third-order valence-electron chi connectivity index (χ3n) is 3.86. The molecule has 1 aliphatic rings. The minimum absolute atomic E-state index is 0.163. The minimum Gasteiger partial charge on any atom is -0.496 e. The van der Waals surface area contributed by atoms with Crippen LogP contribution in [0.5, 0.6) is 5.75 Å². The van der Waals surface area contributed by atoms with Crippen molar-refractivity contribution in [3.05, 3.63) is 29.3 Å². The first-order valence-electron chi connectivity index (χ1n) is 6.49. The second-order valence-electron chi connectivity index (χ2n) is 4.70. The standard InChI is InChI=1S/C14H22N2O2/c1-3-10(9-17)16-8-12-11(13(16)7-15)5-4-6-14(12)18-2/h4-6,10,13,17H,3,7-9,15H2,1-2H3. The zero-order valence-corrected chi connectivity index (χ0v) is 11.1. The molecular weight excluding hydrogens is 228 g/mol. The Hall–Kier alpha value is -1.10. The van der Waals surface area contributed by atoms with E-state index in [1.807, 2.05) is 12.1 Å². The van der Waals surface area contributed by atoms with Crippen molar-refractivity contribution in [3.63, 3.8) is 0 Å². The van der Waals surface area contributed by atoms with Gasteiger partial charge in [-0.05, 0) is 18.1 Å². The van der Waals surface area contributed by atoms with E-state index in [0.29, 0.717) is 6.54 Å². The summed E-state index contributed by atoms with van der Waals surface area (Å²) in [4.78, 5) is 2.28. The van der Waals surface area contributed by atoms with Gasteiger partial charge in [0.1, 0.15) is 5.75 Å². The monoisotopic (exact) mass is 250 g/mol. The Morgan fingerprint density at radius 3 is 2.89 bits per heavy atom. The van der Waals surface area contributed by atoms with Crippen LogP contribution >= 0.6 is 0 Å². The molecule has 3 N–H and O–H groups in total. The summed E-state index contributed by atoms with van der Waals surface area (Å²) in [7, 11) is 1.69. The molecule has 0 fully saturated rings. The van der Waals surface area contributed by atoms with Crippen molar-refractivity contribution in [3.8, 4) is 5.75 Å². The molecule has 1 heterocycles. The predicted molar refractivity (Wildman–Crippen MR) is 71.5 cm³/mol. The molecule has 0 spiro atoms. The Morgan fingerprint density at radius 2 is 2.33 bits per heavy atom. The van der Waals surface area contributed by atoms with Gasteiger partial charge in [-0.25, -0.2) is 0 Å². The largest absolute Gasteiger partial charge is 0.496 e. The highest BCUT2D eigenvalue weighted by Crippen LogP contribution is 2.39. The highest BCUT2D eigenvalue weighted by Gasteiger charge is 2.34. The number of nitrogens with two attached hydrogens (primary N) is 1. The molecule has 100 valence electrons. The summed E-state index contributed by atoms with van der Waals surface area (Å²) in [6.07, 6.45) is 0.920. The van der Waals surface area contributed by atoms with Crippen molar-refractivity contribution >= 4 is 0 Å². The van der Waals surface area contributed by atoms with Crippen LogP contribution in [0.15, 0.2) is 18.2 Å². The molecule has 0 bridgehead atoms. The molecule has 0 saturated heterocycles. The number of ether oxygens (including phenoxy) is 1. The van der Waals surface area contributed by atoms with Gasteiger partial charge in [0.25, 0.3) is 0 Å². The van der Waals surface area contributed by atoms with Gasteiger partial charge in [-0.15, -0.1) is 0 Å². The SMILES string of the molecule is CCC(CO)N1Cc2c(OC)cccc2C1CN. The summed E-state index contributed by atoms with van der Waals surface area (Å²) in [5, 5.41) is 9.49. The zero-order valence-electron chi connectivity index (χ0n) is 11.1. The molecule has 0 radical (unpaired) electrons. The van der Waals surface area contributed by atoms with E-state index in [-0.39, 0.29) is 18.7 Å². The van der Waals surface area contributed by atoms with E-state index in [9.17, 15) is 5.11 Å². The van der Waals surface area contributed by atoms with Crippen LogP contribution in [0.4, 0.5) is 0 Å². The molecular formula is C14H22N2O2. The first kappa shape index (κ1) is 13.3. The highest BCUT2D eigenvalue weighted by molar-refractivity contribution is 5.45. The molecule has 2 rings (SSSR count). The maximum absolute atomic E-state index is 9.49. The molecule has 0 amide bonds. The predicted octanol–water partition coefficient (Wildman–Crippen LogP) is 1.28. The van der Waals surface area contributed by atoms with Gasteiger partial charge in [-0.2, -0.15) is 0 Å². The van der Waals surface area contributed by atoms with Crippen LogP contribution in [0.1, 0.15) is 30.5 Å². The van der Waals surface area contributed by atoms with Gasteiger partial charge in [-0.3, -0.25) is 4.90 Å². The van der Waals surface area contributed by atoms with Gasteiger partial charge in [0.2, 0.25) is 0 Å². The molecule has 4 heteroatoms. The molecule has 2 atom stereocenters. The van der Waals surface area contributed by atoms with Gasteiger partial charge < -0.3 is 15.6 Å². The second kappa shape index (κ2) is 5.69. The van der Waals surface area contributed by atoms with Crippen LogP contribution in [0, 0.1) is 0 Å². The molecule has 2 unspecified atom stereocenters. The number of methoxy groups -OCH3 is 1. The molecule has 18 heavy (non-hydrogen) atoms. The van der Waals surface area contributed by atoms with Crippen molar-refractivity contribution in [2.45, 2.75) is 32.0 Å². The number of hydrogen-bond donors (Lipinski definition) is 2. The molecule has 0 aromatic heterocycles. The zero-order chi connectivity index (χ0) is 13.1. The number of rotatable bonds is 5. The summed E-state index contributed by atoms with van der Waals surface area (Å²) < 4.78 is 5.42. The molecule has 4 nitrogen and oxygen atoms in total. The second-order valence-corrected chi connectivity index (χ2v) is 4.70. The summed E-state index contributed by atoms with van der Waals surface area (Å²) >= 11 is 0. The highest BCUT2D eigenvalue weighted by atomic mass is 16.5. The Kier molecular flexibility index (Phi) is 4.22. The van der Waals surface area contributed by atoms with E-state index in [2.05, 4.69) is 17.9 Å².